The Bertz CT molecular complexity index is 133. The maximum atomic E-state index is 5.83. The molecule has 2 unspecified atom stereocenters. The number of alkyl halides is 1. The van der Waals surface area contributed by atoms with Crippen molar-refractivity contribution in [3.8, 4) is 0 Å². The number of unbranched alkanes of at least 4 members (excludes halogenated alkanes) is 1. The van der Waals surface area contributed by atoms with Crippen LogP contribution in [0.5, 0.6) is 0 Å². The van der Waals surface area contributed by atoms with Crippen LogP contribution in [-0.2, 0) is 4.74 Å². The molecule has 15 heavy (non-hydrogen) atoms. The van der Waals surface area contributed by atoms with Crippen molar-refractivity contribution in [3.63, 3.8) is 0 Å². The van der Waals surface area contributed by atoms with E-state index in [1.165, 1.54) is 25.7 Å². The molecule has 0 heterocycles. The minimum atomic E-state index is 0.298. The lowest BCUT2D eigenvalue weighted by Gasteiger charge is -2.20. The second-order valence-electron chi connectivity index (χ2n) is 4.13. The molecule has 0 aromatic heterocycles. The third kappa shape index (κ3) is 8.06. The molecule has 0 amide bonds. The van der Waals surface area contributed by atoms with Crippen molar-refractivity contribution in [1.82, 2.24) is 5.32 Å². The Kier molecular flexibility index (Phi) is 10.9. The van der Waals surface area contributed by atoms with Crippen molar-refractivity contribution >= 4 is 11.6 Å². The van der Waals surface area contributed by atoms with Crippen LogP contribution in [0.1, 0.15) is 39.5 Å². The molecular formula is C12H26ClNO. The molecule has 0 aliphatic rings. The standard InChI is InChI=1S/C12H26ClNO/c1-4-6-7-11(5-2)9-14-12(8-13)10-15-3/h11-12,14H,4-10H2,1-3H3. The number of nitrogens with one attached hydrogen (secondary N) is 1. The zero-order valence-electron chi connectivity index (χ0n) is 10.4. The van der Waals surface area contributed by atoms with E-state index in [2.05, 4.69) is 19.2 Å². The average molecular weight is 236 g/mol. The highest BCUT2D eigenvalue weighted by Gasteiger charge is 2.10. The van der Waals surface area contributed by atoms with E-state index in [9.17, 15) is 0 Å². The van der Waals surface area contributed by atoms with Gasteiger partial charge in [0.2, 0.25) is 0 Å². The average Bonchev–Trinajstić information content (AvgIpc) is 2.27. The monoisotopic (exact) mass is 235 g/mol. The Morgan fingerprint density at radius 2 is 2.07 bits per heavy atom. The van der Waals surface area contributed by atoms with E-state index in [1.807, 2.05) is 0 Å². The molecule has 0 bridgehead atoms. The number of rotatable bonds is 10. The van der Waals surface area contributed by atoms with Crippen LogP contribution in [0.4, 0.5) is 0 Å². The zero-order chi connectivity index (χ0) is 11.5. The van der Waals surface area contributed by atoms with Crippen LogP contribution in [0, 0.1) is 5.92 Å². The van der Waals surface area contributed by atoms with Gasteiger partial charge in [-0.15, -0.1) is 11.6 Å². The van der Waals surface area contributed by atoms with Crippen molar-refractivity contribution in [2.75, 3.05) is 26.1 Å². The van der Waals surface area contributed by atoms with Gasteiger partial charge in [0.25, 0.3) is 0 Å². The summed E-state index contributed by atoms with van der Waals surface area (Å²) in [5, 5.41) is 3.47. The number of hydrogen-bond acceptors (Lipinski definition) is 2. The Morgan fingerprint density at radius 1 is 1.33 bits per heavy atom. The molecule has 0 fully saturated rings. The highest BCUT2D eigenvalue weighted by Crippen LogP contribution is 2.11. The molecule has 0 aliphatic carbocycles. The minimum absolute atomic E-state index is 0.298. The lowest BCUT2D eigenvalue weighted by atomic mass is 9.99. The lowest BCUT2D eigenvalue weighted by Crippen LogP contribution is -2.38. The summed E-state index contributed by atoms with van der Waals surface area (Å²) in [5.41, 5.74) is 0. The fraction of sp³-hybridized carbons (Fsp3) is 1.00. The van der Waals surface area contributed by atoms with Gasteiger partial charge < -0.3 is 10.1 Å². The van der Waals surface area contributed by atoms with E-state index < -0.39 is 0 Å². The summed E-state index contributed by atoms with van der Waals surface area (Å²) in [7, 11) is 1.72. The molecule has 92 valence electrons. The van der Waals surface area contributed by atoms with Gasteiger partial charge in [-0.1, -0.05) is 33.1 Å². The third-order valence-corrected chi connectivity index (χ3v) is 3.17. The summed E-state index contributed by atoms with van der Waals surface area (Å²) < 4.78 is 5.09. The van der Waals surface area contributed by atoms with E-state index in [4.69, 9.17) is 16.3 Å². The lowest BCUT2D eigenvalue weighted by molar-refractivity contribution is 0.170. The quantitative estimate of drug-likeness (QED) is 0.588. The van der Waals surface area contributed by atoms with Crippen molar-refractivity contribution in [2.45, 2.75) is 45.6 Å². The second kappa shape index (κ2) is 10.7. The summed E-state index contributed by atoms with van der Waals surface area (Å²) in [5.74, 6) is 1.41. The molecule has 0 aliphatic heterocycles. The molecule has 2 nitrogen and oxygen atoms in total. The molecule has 0 saturated carbocycles. The number of hydrogen-bond donors (Lipinski definition) is 1. The highest BCUT2D eigenvalue weighted by molar-refractivity contribution is 6.18. The molecule has 0 aromatic rings. The van der Waals surface area contributed by atoms with Crippen molar-refractivity contribution < 1.29 is 4.74 Å². The fourth-order valence-corrected chi connectivity index (χ4v) is 1.83. The maximum absolute atomic E-state index is 5.83. The fourth-order valence-electron chi connectivity index (χ4n) is 1.64. The molecule has 0 saturated heterocycles. The molecule has 0 spiro atoms. The molecule has 0 aromatic carbocycles. The van der Waals surface area contributed by atoms with Gasteiger partial charge in [-0.2, -0.15) is 0 Å². The van der Waals surface area contributed by atoms with Gasteiger partial charge in [-0.3, -0.25) is 0 Å². The van der Waals surface area contributed by atoms with Crippen LogP contribution >= 0.6 is 11.6 Å². The molecule has 0 radical (unpaired) electrons. The predicted octanol–water partition coefficient (Wildman–Crippen LogP) is 3.05. The number of halogens is 1. The van der Waals surface area contributed by atoms with Gasteiger partial charge in [-0.05, 0) is 18.9 Å². The first kappa shape index (κ1) is 15.2. The molecule has 3 heteroatoms. The Balaban J connectivity index is 3.66. The predicted molar refractivity (Wildman–Crippen MR) is 67.7 cm³/mol. The summed E-state index contributed by atoms with van der Waals surface area (Å²) in [6.45, 7) is 6.27. The molecular weight excluding hydrogens is 210 g/mol. The van der Waals surface area contributed by atoms with Gasteiger partial charge >= 0.3 is 0 Å². The minimum Gasteiger partial charge on any atom is -0.383 e. The van der Waals surface area contributed by atoms with Gasteiger partial charge in [0.05, 0.1) is 6.61 Å². The third-order valence-electron chi connectivity index (χ3n) is 2.79. The topological polar surface area (TPSA) is 21.3 Å². The largest absolute Gasteiger partial charge is 0.383 e. The van der Waals surface area contributed by atoms with Gasteiger partial charge in [0.1, 0.15) is 0 Å². The summed E-state index contributed by atoms with van der Waals surface area (Å²) in [6, 6.07) is 0.298. The Labute approximate surface area is 99.7 Å². The number of ether oxygens (including phenoxy) is 1. The van der Waals surface area contributed by atoms with E-state index in [1.54, 1.807) is 7.11 Å². The van der Waals surface area contributed by atoms with Crippen LogP contribution in [0.25, 0.3) is 0 Å². The number of methoxy groups -OCH3 is 1. The molecule has 0 rings (SSSR count). The van der Waals surface area contributed by atoms with E-state index in [0.29, 0.717) is 18.5 Å². The van der Waals surface area contributed by atoms with E-state index in [-0.39, 0.29) is 0 Å². The normalized spacial score (nSPS) is 15.2. The maximum Gasteiger partial charge on any atom is 0.0627 e. The van der Waals surface area contributed by atoms with Gasteiger partial charge in [0, 0.05) is 19.0 Å². The Hall–Kier alpha value is 0.210. The van der Waals surface area contributed by atoms with Crippen molar-refractivity contribution in [2.24, 2.45) is 5.92 Å². The Morgan fingerprint density at radius 3 is 2.53 bits per heavy atom. The summed E-state index contributed by atoms with van der Waals surface area (Å²) >= 11 is 5.83. The van der Waals surface area contributed by atoms with Gasteiger partial charge in [0.15, 0.2) is 0 Å². The van der Waals surface area contributed by atoms with Crippen LogP contribution in [0.15, 0.2) is 0 Å². The van der Waals surface area contributed by atoms with Crippen LogP contribution in [-0.4, -0.2) is 32.2 Å². The van der Waals surface area contributed by atoms with Gasteiger partial charge in [-0.25, -0.2) is 0 Å². The summed E-state index contributed by atoms with van der Waals surface area (Å²) in [6.07, 6.45) is 5.18. The highest BCUT2D eigenvalue weighted by atomic mass is 35.5. The SMILES string of the molecule is CCCCC(CC)CNC(CCl)COC. The summed E-state index contributed by atoms with van der Waals surface area (Å²) in [4.78, 5) is 0. The first-order valence-corrected chi connectivity index (χ1v) is 6.60. The van der Waals surface area contributed by atoms with Crippen molar-refractivity contribution in [1.29, 1.82) is 0 Å². The second-order valence-corrected chi connectivity index (χ2v) is 4.44. The van der Waals surface area contributed by atoms with Crippen molar-refractivity contribution in [3.05, 3.63) is 0 Å². The first-order chi connectivity index (χ1) is 7.28. The van der Waals surface area contributed by atoms with E-state index >= 15 is 0 Å². The zero-order valence-corrected chi connectivity index (χ0v) is 11.1. The smallest absolute Gasteiger partial charge is 0.0627 e. The van der Waals surface area contributed by atoms with Crippen LogP contribution < -0.4 is 5.32 Å². The van der Waals surface area contributed by atoms with E-state index in [0.717, 1.165) is 12.5 Å². The van der Waals surface area contributed by atoms with Crippen LogP contribution in [0.3, 0.4) is 0 Å². The molecule has 1 N–H and O–H groups in total. The first-order valence-electron chi connectivity index (χ1n) is 6.06. The molecule has 2 atom stereocenters. The van der Waals surface area contributed by atoms with Crippen LogP contribution in [0.2, 0.25) is 0 Å².